The minimum Gasteiger partial charge on any atom is -0.444 e. The van der Waals surface area contributed by atoms with Crippen LogP contribution in [0.2, 0.25) is 0 Å². The molecule has 0 aromatic heterocycles. The number of carbonyl (C=O) groups excluding carboxylic acids is 1. The number of hydrogen-bond acceptors (Lipinski definition) is 4. The van der Waals surface area contributed by atoms with Crippen LogP contribution in [0.1, 0.15) is 27.7 Å². The SMILES string of the molecule is CC1CN(C(=O)OC(C)(C)C)CCN1S(=O)(=O)c1ccccc1Br. The first-order valence-corrected chi connectivity index (χ1v) is 10.00. The van der Waals surface area contributed by atoms with Gasteiger partial charge in [0, 0.05) is 30.1 Å². The maximum absolute atomic E-state index is 12.9. The molecule has 134 valence electrons. The number of rotatable bonds is 2. The maximum atomic E-state index is 12.9. The van der Waals surface area contributed by atoms with E-state index in [4.69, 9.17) is 4.74 Å². The zero-order valence-electron chi connectivity index (χ0n) is 14.3. The van der Waals surface area contributed by atoms with Crippen molar-refractivity contribution < 1.29 is 17.9 Å². The number of nitrogens with zero attached hydrogens (tertiary/aromatic N) is 2. The summed E-state index contributed by atoms with van der Waals surface area (Å²) in [5.74, 6) is 0. The lowest BCUT2D eigenvalue weighted by molar-refractivity contribution is 0.0143. The summed E-state index contributed by atoms with van der Waals surface area (Å²) in [5, 5.41) is 0. The average Bonchev–Trinajstić information content (AvgIpc) is 2.45. The second-order valence-electron chi connectivity index (χ2n) is 6.82. The average molecular weight is 419 g/mol. The molecule has 1 atom stereocenters. The van der Waals surface area contributed by atoms with Crippen molar-refractivity contribution in [2.45, 2.75) is 44.2 Å². The summed E-state index contributed by atoms with van der Waals surface area (Å²) in [5.41, 5.74) is -0.571. The second kappa shape index (κ2) is 7.01. The van der Waals surface area contributed by atoms with Gasteiger partial charge >= 0.3 is 6.09 Å². The molecule has 0 bridgehead atoms. The fourth-order valence-electron chi connectivity index (χ4n) is 2.57. The third kappa shape index (κ3) is 4.29. The first-order valence-electron chi connectivity index (χ1n) is 7.76. The van der Waals surface area contributed by atoms with E-state index >= 15 is 0 Å². The van der Waals surface area contributed by atoms with Gasteiger partial charge in [-0.05, 0) is 55.8 Å². The lowest BCUT2D eigenvalue weighted by Crippen LogP contribution is -2.56. The number of sulfonamides is 1. The number of ether oxygens (including phenoxy) is 1. The molecule has 1 unspecified atom stereocenters. The van der Waals surface area contributed by atoms with Crippen molar-refractivity contribution in [1.82, 2.24) is 9.21 Å². The molecule has 1 aliphatic rings. The highest BCUT2D eigenvalue weighted by atomic mass is 79.9. The number of amides is 1. The van der Waals surface area contributed by atoms with Gasteiger partial charge in [-0.25, -0.2) is 13.2 Å². The minimum absolute atomic E-state index is 0.238. The summed E-state index contributed by atoms with van der Waals surface area (Å²) in [6, 6.07) is 6.41. The number of carbonyl (C=O) groups is 1. The van der Waals surface area contributed by atoms with Crippen LogP contribution in [0.15, 0.2) is 33.6 Å². The zero-order valence-corrected chi connectivity index (χ0v) is 16.7. The van der Waals surface area contributed by atoms with E-state index in [2.05, 4.69) is 15.9 Å². The van der Waals surface area contributed by atoms with E-state index in [9.17, 15) is 13.2 Å². The van der Waals surface area contributed by atoms with Gasteiger partial charge in [-0.1, -0.05) is 12.1 Å². The van der Waals surface area contributed by atoms with Gasteiger partial charge in [-0.3, -0.25) is 0 Å². The van der Waals surface area contributed by atoms with Gasteiger partial charge in [0.15, 0.2) is 0 Å². The molecule has 1 saturated heterocycles. The van der Waals surface area contributed by atoms with Crippen LogP contribution in [0.25, 0.3) is 0 Å². The number of halogens is 1. The zero-order chi connectivity index (χ0) is 18.1. The van der Waals surface area contributed by atoms with Crippen LogP contribution in [0.4, 0.5) is 4.79 Å². The van der Waals surface area contributed by atoms with Gasteiger partial charge in [0.25, 0.3) is 0 Å². The van der Waals surface area contributed by atoms with Crippen LogP contribution >= 0.6 is 15.9 Å². The monoisotopic (exact) mass is 418 g/mol. The molecule has 2 rings (SSSR count). The fraction of sp³-hybridized carbons (Fsp3) is 0.562. The van der Waals surface area contributed by atoms with Crippen LogP contribution in [-0.4, -0.2) is 55.0 Å². The van der Waals surface area contributed by atoms with Crippen LogP contribution < -0.4 is 0 Å². The van der Waals surface area contributed by atoms with E-state index < -0.39 is 21.7 Å². The molecule has 1 amide bonds. The smallest absolute Gasteiger partial charge is 0.410 e. The Morgan fingerprint density at radius 1 is 1.25 bits per heavy atom. The van der Waals surface area contributed by atoms with Crippen molar-refractivity contribution >= 4 is 32.0 Å². The van der Waals surface area contributed by atoms with E-state index in [-0.39, 0.29) is 17.5 Å². The Morgan fingerprint density at radius 2 is 1.88 bits per heavy atom. The third-order valence-corrected chi connectivity index (χ3v) is 6.67. The molecule has 0 spiro atoms. The van der Waals surface area contributed by atoms with Gasteiger partial charge in [0.05, 0.1) is 4.90 Å². The van der Waals surface area contributed by atoms with Crippen LogP contribution in [-0.2, 0) is 14.8 Å². The number of benzene rings is 1. The van der Waals surface area contributed by atoms with Crippen LogP contribution in [0, 0.1) is 0 Å². The van der Waals surface area contributed by atoms with E-state index in [1.807, 2.05) is 20.8 Å². The molecule has 1 aromatic rings. The van der Waals surface area contributed by atoms with Gasteiger partial charge in [-0.2, -0.15) is 4.31 Å². The van der Waals surface area contributed by atoms with Crippen molar-refractivity contribution in [2.75, 3.05) is 19.6 Å². The Bertz CT molecular complexity index is 715. The Labute approximate surface area is 151 Å². The predicted molar refractivity (Wildman–Crippen MR) is 95.3 cm³/mol. The van der Waals surface area contributed by atoms with Gasteiger partial charge < -0.3 is 9.64 Å². The largest absolute Gasteiger partial charge is 0.444 e. The summed E-state index contributed by atoms with van der Waals surface area (Å²) < 4.78 is 33.1. The molecule has 1 aromatic carbocycles. The van der Waals surface area contributed by atoms with Crippen molar-refractivity contribution in [3.63, 3.8) is 0 Å². The van der Waals surface area contributed by atoms with Crippen molar-refractivity contribution in [3.8, 4) is 0 Å². The van der Waals surface area contributed by atoms with E-state index in [0.29, 0.717) is 17.6 Å². The molecular formula is C16H23BrN2O4S. The Hall–Kier alpha value is -1.12. The molecule has 1 aliphatic heterocycles. The maximum Gasteiger partial charge on any atom is 0.410 e. The van der Waals surface area contributed by atoms with E-state index in [1.54, 1.807) is 36.1 Å². The molecule has 1 heterocycles. The van der Waals surface area contributed by atoms with Gasteiger partial charge in [0.2, 0.25) is 10.0 Å². The van der Waals surface area contributed by atoms with Crippen LogP contribution in [0.3, 0.4) is 0 Å². The molecule has 8 heteroatoms. The molecule has 24 heavy (non-hydrogen) atoms. The third-order valence-electron chi connectivity index (χ3n) is 3.64. The van der Waals surface area contributed by atoms with Gasteiger partial charge in [0.1, 0.15) is 5.60 Å². The van der Waals surface area contributed by atoms with Crippen LogP contribution in [0.5, 0.6) is 0 Å². The highest BCUT2D eigenvalue weighted by molar-refractivity contribution is 9.10. The van der Waals surface area contributed by atoms with E-state index in [1.165, 1.54) is 4.31 Å². The summed E-state index contributed by atoms with van der Waals surface area (Å²) in [6.07, 6.45) is -0.410. The molecular weight excluding hydrogens is 396 g/mol. The number of hydrogen-bond donors (Lipinski definition) is 0. The Balaban J connectivity index is 2.14. The standard InChI is InChI=1S/C16H23BrN2O4S/c1-12-11-18(15(20)23-16(2,3)4)9-10-19(12)24(21,22)14-8-6-5-7-13(14)17/h5-8,12H,9-11H2,1-4H3. The quantitative estimate of drug-likeness (QED) is 0.739. The fourth-order valence-corrected chi connectivity index (χ4v) is 5.15. The predicted octanol–water partition coefficient (Wildman–Crippen LogP) is 3.08. The lowest BCUT2D eigenvalue weighted by Gasteiger charge is -2.39. The second-order valence-corrected chi connectivity index (χ2v) is 9.53. The molecule has 0 saturated carbocycles. The normalized spacial score (nSPS) is 20.0. The van der Waals surface area contributed by atoms with E-state index in [0.717, 1.165) is 0 Å². The summed E-state index contributed by atoms with van der Waals surface area (Å²) in [7, 11) is -3.62. The first-order chi connectivity index (χ1) is 11.0. The topological polar surface area (TPSA) is 66.9 Å². The summed E-state index contributed by atoms with van der Waals surface area (Å²) in [6.45, 7) is 8.07. The van der Waals surface area contributed by atoms with Crippen molar-refractivity contribution in [2.24, 2.45) is 0 Å². The molecule has 0 aliphatic carbocycles. The molecule has 6 nitrogen and oxygen atoms in total. The lowest BCUT2D eigenvalue weighted by atomic mass is 10.2. The van der Waals surface area contributed by atoms with Gasteiger partial charge in [-0.15, -0.1) is 0 Å². The molecule has 0 N–H and O–H groups in total. The summed E-state index contributed by atoms with van der Waals surface area (Å²) in [4.78, 5) is 14.0. The van der Waals surface area contributed by atoms with Crippen molar-refractivity contribution in [1.29, 1.82) is 0 Å². The Morgan fingerprint density at radius 3 is 2.42 bits per heavy atom. The molecule has 1 fully saturated rings. The first kappa shape index (κ1) is 19.2. The van der Waals surface area contributed by atoms with Crippen molar-refractivity contribution in [3.05, 3.63) is 28.7 Å². The highest BCUT2D eigenvalue weighted by Gasteiger charge is 2.37. The minimum atomic E-state index is -3.62. The Kier molecular flexibility index (Phi) is 5.61. The number of piperazine rings is 1. The summed E-state index contributed by atoms with van der Waals surface area (Å²) >= 11 is 3.30. The highest BCUT2D eigenvalue weighted by Crippen LogP contribution is 2.27. The molecule has 0 radical (unpaired) electrons.